The fraction of sp³-hybridized carbons (Fsp3) is 0.200. The van der Waals surface area contributed by atoms with Crippen LogP contribution >= 0.6 is 0 Å². The van der Waals surface area contributed by atoms with Crippen molar-refractivity contribution in [3.8, 4) is 5.69 Å². The molecule has 3 N–H and O–H groups in total. The third kappa shape index (κ3) is 4.17. The van der Waals surface area contributed by atoms with Gasteiger partial charge in [-0.25, -0.2) is 0 Å². The summed E-state index contributed by atoms with van der Waals surface area (Å²) in [5, 5.41) is 19.7. The molecule has 1 aromatic heterocycles. The Morgan fingerprint density at radius 1 is 1.07 bits per heavy atom. The van der Waals surface area contributed by atoms with Crippen LogP contribution < -0.4 is 16.0 Å². The Balaban J connectivity index is 1.32. The van der Waals surface area contributed by atoms with Gasteiger partial charge in [-0.1, -0.05) is 30.3 Å². The summed E-state index contributed by atoms with van der Waals surface area (Å²) in [5.41, 5.74) is 1.63. The molecule has 0 saturated carbocycles. The number of aromatic nitrogens is 4. The summed E-state index contributed by atoms with van der Waals surface area (Å²) < 4.78 is 1.54. The molecule has 10 heteroatoms. The molecule has 1 aliphatic rings. The Morgan fingerprint density at radius 2 is 1.83 bits per heavy atom. The normalized spacial score (nSPS) is 15.5. The third-order valence-corrected chi connectivity index (χ3v) is 4.69. The van der Waals surface area contributed by atoms with Crippen molar-refractivity contribution >= 4 is 23.4 Å². The van der Waals surface area contributed by atoms with Crippen molar-refractivity contribution in [3.63, 3.8) is 0 Å². The molecule has 0 aliphatic carbocycles. The Kier molecular flexibility index (Phi) is 5.46. The van der Waals surface area contributed by atoms with Crippen molar-refractivity contribution in [2.45, 2.75) is 25.4 Å². The molecule has 0 bridgehead atoms. The summed E-state index contributed by atoms with van der Waals surface area (Å²) in [5.74, 6) is -0.502. The van der Waals surface area contributed by atoms with Crippen LogP contribution in [-0.4, -0.2) is 44.0 Å². The number of nitrogens with one attached hydrogen (secondary N) is 3. The SMILES string of the molecule is O=C(CC[C@@H]1NC(=O)c2ccccc2NC1=O)NCc1nnnn1-c1ccccc1. The zero-order valence-electron chi connectivity index (χ0n) is 15.9. The van der Waals surface area contributed by atoms with Crippen molar-refractivity contribution in [2.24, 2.45) is 0 Å². The maximum absolute atomic E-state index is 12.4. The molecule has 152 valence electrons. The second-order valence-corrected chi connectivity index (χ2v) is 6.72. The number of nitrogens with zero attached hydrogens (tertiary/aromatic N) is 4. The van der Waals surface area contributed by atoms with Crippen LogP contribution in [0.3, 0.4) is 0 Å². The lowest BCUT2D eigenvalue weighted by Crippen LogP contribution is -2.42. The monoisotopic (exact) mass is 405 g/mol. The molecule has 0 spiro atoms. The lowest BCUT2D eigenvalue weighted by atomic mass is 10.1. The smallest absolute Gasteiger partial charge is 0.254 e. The van der Waals surface area contributed by atoms with E-state index in [2.05, 4.69) is 31.5 Å². The summed E-state index contributed by atoms with van der Waals surface area (Å²) in [6.45, 7) is 0.134. The number of para-hydroxylation sites is 2. The number of hydrogen-bond acceptors (Lipinski definition) is 6. The zero-order chi connectivity index (χ0) is 20.9. The number of tetrazole rings is 1. The Bertz CT molecular complexity index is 1080. The second-order valence-electron chi connectivity index (χ2n) is 6.72. The van der Waals surface area contributed by atoms with Crippen LogP contribution in [0.2, 0.25) is 0 Å². The average Bonchev–Trinajstić information content (AvgIpc) is 3.20. The number of benzene rings is 2. The fourth-order valence-electron chi connectivity index (χ4n) is 3.14. The summed E-state index contributed by atoms with van der Waals surface area (Å²) >= 11 is 0. The quantitative estimate of drug-likeness (QED) is 0.556. The van der Waals surface area contributed by atoms with E-state index in [0.717, 1.165) is 5.69 Å². The number of rotatable bonds is 6. The molecule has 0 saturated heterocycles. The highest BCUT2D eigenvalue weighted by Gasteiger charge is 2.27. The number of carbonyl (C=O) groups excluding carboxylic acids is 3. The molecule has 2 aromatic carbocycles. The number of hydrogen-bond donors (Lipinski definition) is 3. The van der Waals surface area contributed by atoms with Gasteiger partial charge in [0, 0.05) is 6.42 Å². The Morgan fingerprint density at radius 3 is 2.67 bits per heavy atom. The van der Waals surface area contributed by atoms with Gasteiger partial charge in [-0.3, -0.25) is 14.4 Å². The van der Waals surface area contributed by atoms with Gasteiger partial charge in [-0.15, -0.1) is 5.10 Å². The first-order valence-electron chi connectivity index (χ1n) is 9.42. The van der Waals surface area contributed by atoms with Crippen LogP contribution in [0.15, 0.2) is 54.6 Å². The zero-order valence-corrected chi connectivity index (χ0v) is 15.9. The largest absolute Gasteiger partial charge is 0.349 e. The minimum Gasteiger partial charge on any atom is -0.349 e. The molecule has 1 atom stereocenters. The number of amides is 3. The Hall–Kier alpha value is -4.08. The second kappa shape index (κ2) is 8.52. The summed E-state index contributed by atoms with van der Waals surface area (Å²) in [6, 6.07) is 15.3. The summed E-state index contributed by atoms with van der Waals surface area (Å²) in [6.07, 6.45) is 0.225. The van der Waals surface area contributed by atoms with Gasteiger partial charge in [-0.2, -0.15) is 4.68 Å². The van der Waals surface area contributed by atoms with Gasteiger partial charge in [-0.05, 0) is 41.1 Å². The van der Waals surface area contributed by atoms with E-state index in [9.17, 15) is 14.4 Å². The van der Waals surface area contributed by atoms with Crippen LogP contribution in [0.4, 0.5) is 5.69 Å². The number of carbonyl (C=O) groups is 3. The minimum atomic E-state index is -0.801. The van der Waals surface area contributed by atoms with E-state index in [1.807, 2.05) is 30.3 Å². The summed E-state index contributed by atoms with van der Waals surface area (Å²) in [7, 11) is 0. The van der Waals surface area contributed by atoms with Gasteiger partial charge in [0.1, 0.15) is 6.04 Å². The molecule has 3 aromatic rings. The molecule has 4 rings (SSSR count). The molecule has 0 radical (unpaired) electrons. The van der Waals surface area contributed by atoms with E-state index in [0.29, 0.717) is 17.1 Å². The van der Waals surface area contributed by atoms with E-state index in [-0.39, 0.29) is 37.1 Å². The van der Waals surface area contributed by atoms with Crippen LogP contribution in [-0.2, 0) is 16.1 Å². The van der Waals surface area contributed by atoms with E-state index >= 15 is 0 Å². The van der Waals surface area contributed by atoms with Crippen molar-refractivity contribution in [1.29, 1.82) is 0 Å². The van der Waals surface area contributed by atoms with Gasteiger partial charge >= 0.3 is 0 Å². The molecule has 1 aliphatic heterocycles. The lowest BCUT2D eigenvalue weighted by molar-refractivity contribution is -0.122. The first-order chi connectivity index (χ1) is 14.6. The highest BCUT2D eigenvalue weighted by Crippen LogP contribution is 2.19. The van der Waals surface area contributed by atoms with Crippen LogP contribution in [0.1, 0.15) is 29.0 Å². The third-order valence-electron chi connectivity index (χ3n) is 4.69. The average molecular weight is 405 g/mol. The lowest BCUT2D eigenvalue weighted by Gasteiger charge is -2.14. The van der Waals surface area contributed by atoms with Crippen molar-refractivity contribution in [3.05, 3.63) is 66.0 Å². The molecular weight excluding hydrogens is 386 g/mol. The van der Waals surface area contributed by atoms with Crippen molar-refractivity contribution in [1.82, 2.24) is 30.8 Å². The highest BCUT2D eigenvalue weighted by atomic mass is 16.2. The molecule has 3 amide bonds. The maximum atomic E-state index is 12.4. The van der Waals surface area contributed by atoms with Gasteiger partial charge in [0.15, 0.2) is 5.82 Å². The topological polar surface area (TPSA) is 131 Å². The molecule has 0 unspecified atom stereocenters. The van der Waals surface area contributed by atoms with Crippen LogP contribution in [0.5, 0.6) is 0 Å². The number of anilines is 1. The molecule has 0 fully saturated rings. The first kappa shape index (κ1) is 19.2. The van der Waals surface area contributed by atoms with Gasteiger partial charge in [0.25, 0.3) is 5.91 Å². The Labute approximate surface area is 171 Å². The first-order valence-corrected chi connectivity index (χ1v) is 9.42. The van der Waals surface area contributed by atoms with E-state index in [4.69, 9.17) is 0 Å². The maximum Gasteiger partial charge on any atom is 0.254 e. The van der Waals surface area contributed by atoms with E-state index in [1.54, 1.807) is 24.3 Å². The van der Waals surface area contributed by atoms with E-state index < -0.39 is 6.04 Å². The highest BCUT2D eigenvalue weighted by molar-refractivity contribution is 6.09. The van der Waals surface area contributed by atoms with Gasteiger partial charge in [0.05, 0.1) is 23.5 Å². The minimum absolute atomic E-state index is 0.0572. The molecule has 10 nitrogen and oxygen atoms in total. The van der Waals surface area contributed by atoms with Crippen molar-refractivity contribution < 1.29 is 14.4 Å². The molecular formula is C20H19N7O3. The van der Waals surface area contributed by atoms with Crippen LogP contribution in [0, 0.1) is 0 Å². The van der Waals surface area contributed by atoms with Gasteiger partial charge < -0.3 is 16.0 Å². The standard InChI is InChI=1S/C20H19N7O3/c28-18(21-12-17-24-25-26-27(17)13-6-2-1-3-7-13)11-10-16-20(30)22-15-9-5-4-8-14(15)19(29)23-16/h1-9,16H,10-12H2,(H,21,28)(H,22,30)(H,23,29)/t16-/m0/s1. The summed E-state index contributed by atoms with van der Waals surface area (Å²) in [4.78, 5) is 37.0. The van der Waals surface area contributed by atoms with Gasteiger partial charge in [0.2, 0.25) is 11.8 Å². The van der Waals surface area contributed by atoms with E-state index in [1.165, 1.54) is 4.68 Å². The molecule has 2 heterocycles. The predicted molar refractivity (Wildman–Crippen MR) is 107 cm³/mol. The van der Waals surface area contributed by atoms with Crippen molar-refractivity contribution in [2.75, 3.05) is 5.32 Å². The predicted octanol–water partition coefficient (Wildman–Crippen LogP) is 0.809. The van der Waals surface area contributed by atoms with Crippen LogP contribution in [0.25, 0.3) is 5.69 Å². The fourth-order valence-corrected chi connectivity index (χ4v) is 3.14. The number of fused-ring (bicyclic) bond motifs is 1. The molecule has 30 heavy (non-hydrogen) atoms.